The van der Waals surface area contributed by atoms with Crippen LogP contribution in [0.5, 0.6) is 0 Å². The van der Waals surface area contributed by atoms with Gasteiger partial charge < -0.3 is 10.1 Å². The summed E-state index contributed by atoms with van der Waals surface area (Å²) in [5, 5.41) is 3.79. The van der Waals surface area contributed by atoms with Gasteiger partial charge in [-0.25, -0.2) is 4.79 Å². The molecule has 0 spiro atoms. The van der Waals surface area contributed by atoms with Crippen molar-refractivity contribution >= 4 is 11.7 Å². The maximum atomic E-state index is 12.2. The van der Waals surface area contributed by atoms with Gasteiger partial charge >= 0.3 is 5.97 Å². The van der Waals surface area contributed by atoms with E-state index in [-0.39, 0.29) is 12.0 Å². The lowest BCUT2D eigenvalue weighted by molar-refractivity contribution is 0.0526. The first kappa shape index (κ1) is 17.8. The molecular formula is C24H27NO2. The van der Waals surface area contributed by atoms with E-state index in [9.17, 15) is 4.79 Å². The van der Waals surface area contributed by atoms with E-state index in [1.165, 1.54) is 27.8 Å². The zero-order valence-electron chi connectivity index (χ0n) is 16.5. The third-order valence-corrected chi connectivity index (χ3v) is 5.92. The van der Waals surface area contributed by atoms with Crippen molar-refractivity contribution in [2.75, 3.05) is 11.9 Å². The molecule has 3 heteroatoms. The number of rotatable bonds is 3. The van der Waals surface area contributed by atoms with Crippen LogP contribution in [0.4, 0.5) is 5.69 Å². The summed E-state index contributed by atoms with van der Waals surface area (Å²) in [4.78, 5) is 12.2. The average Bonchev–Trinajstić information content (AvgIpc) is 3.11. The Bertz CT molecular complexity index is 905. The van der Waals surface area contributed by atoms with Crippen molar-refractivity contribution in [1.82, 2.24) is 0 Å². The number of carbonyl (C=O) groups excluding carboxylic acids is 1. The first-order valence-corrected chi connectivity index (χ1v) is 9.81. The number of anilines is 1. The molecule has 4 rings (SSSR count). The Kier molecular flexibility index (Phi) is 4.55. The first-order valence-electron chi connectivity index (χ1n) is 9.81. The number of fused-ring (bicyclic) bond motifs is 3. The molecule has 0 saturated carbocycles. The van der Waals surface area contributed by atoms with Gasteiger partial charge in [0, 0.05) is 11.6 Å². The van der Waals surface area contributed by atoms with Crippen molar-refractivity contribution in [3.8, 4) is 0 Å². The van der Waals surface area contributed by atoms with E-state index in [1.54, 1.807) is 0 Å². The second-order valence-electron chi connectivity index (χ2n) is 7.81. The molecule has 1 aliphatic carbocycles. The molecule has 3 atom stereocenters. The number of aryl methyl sites for hydroxylation is 3. The monoisotopic (exact) mass is 361 g/mol. The predicted octanol–water partition coefficient (Wildman–Crippen LogP) is 5.62. The van der Waals surface area contributed by atoms with E-state index in [2.05, 4.69) is 50.4 Å². The van der Waals surface area contributed by atoms with Crippen molar-refractivity contribution in [2.24, 2.45) is 5.92 Å². The Labute approximate surface area is 161 Å². The Hall–Kier alpha value is -2.55. The zero-order chi connectivity index (χ0) is 19.1. The van der Waals surface area contributed by atoms with Gasteiger partial charge in [0.2, 0.25) is 0 Å². The summed E-state index contributed by atoms with van der Waals surface area (Å²) in [6.07, 6.45) is 5.65. The van der Waals surface area contributed by atoms with Crippen LogP contribution in [-0.2, 0) is 4.74 Å². The van der Waals surface area contributed by atoms with E-state index in [0.717, 1.165) is 12.1 Å². The maximum Gasteiger partial charge on any atom is 0.338 e. The molecule has 0 fully saturated rings. The highest BCUT2D eigenvalue weighted by atomic mass is 16.5. The van der Waals surface area contributed by atoms with Crippen LogP contribution in [0.1, 0.15) is 63.5 Å². The van der Waals surface area contributed by atoms with Crippen LogP contribution in [0.15, 0.2) is 42.5 Å². The molecule has 0 amide bonds. The number of hydrogen-bond acceptors (Lipinski definition) is 3. The van der Waals surface area contributed by atoms with Crippen LogP contribution < -0.4 is 5.32 Å². The summed E-state index contributed by atoms with van der Waals surface area (Å²) in [6, 6.07) is 10.8. The maximum absolute atomic E-state index is 12.2. The van der Waals surface area contributed by atoms with E-state index < -0.39 is 0 Å². The number of hydrogen-bond donors (Lipinski definition) is 1. The fourth-order valence-corrected chi connectivity index (χ4v) is 4.90. The van der Waals surface area contributed by atoms with Crippen LogP contribution in [0.25, 0.3) is 0 Å². The first-order chi connectivity index (χ1) is 13.0. The van der Waals surface area contributed by atoms with Gasteiger partial charge in [0.15, 0.2) is 0 Å². The lowest BCUT2D eigenvalue weighted by Gasteiger charge is -2.39. The lowest BCUT2D eigenvalue weighted by Crippen LogP contribution is -2.30. The Balaban J connectivity index is 1.76. The van der Waals surface area contributed by atoms with Crippen LogP contribution in [-0.4, -0.2) is 12.6 Å². The fourth-order valence-electron chi connectivity index (χ4n) is 4.90. The highest BCUT2D eigenvalue weighted by molar-refractivity contribution is 5.90. The third kappa shape index (κ3) is 3.05. The van der Waals surface area contributed by atoms with Crippen LogP contribution >= 0.6 is 0 Å². The minimum Gasteiger partial charge on any atom is -0.462 e. The normalized spacial score (nSPS) is 22.7. The molecule has 0 bridgehead atoms. The molecule has 0 radical (unpaired) electrons. The van der Waals surface area contributed by atoms with E-state index in [1.807, 2.05) is 25.1 Å². The largest absolute Gasteiger partial charge is 0.462 e. The lowest BCUT2D eigenvalue weighted by atomic mass is 9.75. The average molecular weight is 361 g/mol. The van der Waals surface area contributed by atoms with Gasteiger partial charge in [0.1, 0.15) is 0 Å². The number of ether oxygens (including phenoxy) is 1. The summed E-state index contributed by atoms with van der Waals surface area (Å²) in [7, 11) is 0. The quantitative estimate of drug-likeness (QED) is 0.570. The van der Waals surface area contributed by atoms with Crippen LogP contribution in [0, 0.1) is 26.7 Å². The summed E-state index contributed by atoms with van der Waals surface area (Å²) >= 11 is 0. The van der Waals surface area contributed by atoms with Gasteiger partial charge in [-0.05, 0) is 80.5 Å². The third-order valence-electron chi connectivity index (χ3n) is 5.92. The van der Waals surface area contributed by atoms with Crippen LogP contribution in [0.3, 0.4) is 0 Å². The number of carbonyl (C=O) groups is 1. The smallest absolute Gasteiger partial charge is 0.338 e. The summed E-state index contributed by atoms with van der Waals surface area (Å²) < 4.78 is 5.19. The second kappa shape index (κ2) is 6.88. The molecule has 1 aliphatic heterocycles. The van der Waals surface area contributed by atoms with Crippen molar-refractivity contribution in [1.29, 1.82) is 0 Å². The van der Waals surface area contributed by atoms with Crippen molar-refractivity contribution in [3.63, 3.8) is 0 Å². The SMILES string of the molecule is CCOC(=O)c1ccc2c(c1)C1C=CCC1C(c1c(C)cc(C)cc1C)N2. The van der Waals surface area contributed by atoms with Gasteiger partial charge in [-0.1, -0.05) is 29.8 Å². The van der Waals surface area contributed by atoms with Gasteiger partial charge in [0.25, 0.3) is 0 Å². The standard InChI is InChI=1S/C24H27NO2/c1-5-27-24(26)17-9-10-21-20(13-17)18-7-6-8-19(18)23(25-21)22-15(3)11-14(2)12-16(22)4/h6-7,9-13,18-19,23,25H,5,8H2,1-4H3. The van der Waals surface area contributed by atoms with E-state index in [0.29, 0.717) is 24.0 Å². The Morgan fingerprint density at radius 1 is 1.15 bits per heavy atom. The molecule has 0 aromatic heterocycles. The van der Waals surface area contributed by atoms with Crippen LogP contribution in [0.2, 0.25) is 0 Å². The minimum absolute atomic E-state index is 0.244. The van der Waals surface area contributed by atoms with Crippen molar-refractivity contribution in [2.45, 2.75) is 46.1 Å². The molecule has 2 aromatic rings. The molecule has 3 unspecified atom stereocenters. The highest BCUT2D eigenvalue weighted by Gasteiger charge is 2.39. The van der Waals surface area contributed by atoms with Crippen molar-refractivity contribution < 1.29 is 9.53 Å². The highest BCUT2D eigenvalue weighted by Crippen LogP contribution is 2.51. The van der Waals surface area contributed by atoms with Gasteiger partial charge in [-0.2, -0.15) is 0 Å². The number of allylic oxidation sites excluding steroid dienone is 2. The molecular weight excluding hydrogens is 334 g/mol. The molecule has 140 valence electrons. The number of esters is 1. The molecule has 1 heterocycles. The Morgan fingerprint density at radius 3 is 2.59 bits per heavy atom. The molecule has 2 aliphatic rings. The number of benzene rings is 2. The van der Waals surface area contributed by atoms with Gasteiger partial charge in [0.05, 0.1) is 18.2 Å². The topological polar surface area (TPSA) is 38.3 Å². The van der Waals surface area contributed by atoms with E-state index in [4.69, 9.17) is 4.74 Å². The molecule has 27 heavy (non-hydrogen) atoms. The second-order valence-corrected chi connectivity index (χ2v) is 7.81. The van der Waals surface area contributed by atoms with E-state index >= 15 is 0 Å². The fraction of sp³-hybridized carbons (Fsp3) is 0.375. The molecule has 0 saturated heterocycles. The van der Waals surface area contributed by atoms with Crippen molar-refractivity contribution in [3.05, 3.63) is 75.9 Å². The minimum atomic E-state index is -0.244. The van der Waals surface area contributed by atoms with Gasteiger partial charge in [-0.3, -0.25) is 0 Å². The summed E-state index contributed by atoms with van der Waals surface area (Å²) in [5.74, 6) is 0.557. The molecule has 2 aromatic carbocycles. The zero-order valence-corrected chi connectivity index (χ0v) is 16.5. The molecule has 3 nitrogen and oxygen atoms in total. The Morgan fingerprint density at radius 2 is 1.89 bits per heavy atom. The number of nitrogens with one attached hydrogen (secondary N) is 1. The summed E-state index contributed by atoms with van der Waals surface area (Å²) in [5.41, 5.74) is 8.39. The summed E-state index contributed by atoms with van der Waals surface area (Å²) in [6.45, 7) is 8.82. The predicted molar refractivity (Wildman–Crippen MR) is 109 cm³/mol. The molecule has 1 N–H and O–H groups in total. The van der Waals surface area contributed by atoms with Gasteiger partial charge in [-0.15, -0.1) is 0 Å².